The predicted octanol–water partition coefficient (Wildman–Crippen LogP) is 2.16. The molecule has 0 aliphatic carbocycles. The van der Waals surface area contributed by atoms with Crippen LogP contribution in [0.5, 0.6) is 5.75 Å². The van der Waals surface area contributed by atoms with Crippen molar-refractivity contribution in [1.29, 1.82) is 0 Å². The minimum absolute atomic E-state index is 0.129. The number of halogens is 1. The Morgan fingerprint density at radius 2 is 2.00 bits per heavy atom. The number of nitrogens with zero attached hydrogens (tertiary/aromatic N) is 1. The van der Waals surface area contributed by atoms with Gasteiger partial charge in [-0.3, -0.25) is 4.79 Å². The molecule has 0 radical (unpaired) electrons. The number of hydrogen-bond donors (Lipinski definition) is 1. The predicted molar refractivity (Wildman–Crippen MR) is 104 cm³/mol. The molecule has 142 valence electrons. The summed E-state index contributed by atoms with van der Waals surface area (Å²) in [5.41, 5.74) is 3.38. The van der Waals surface area contributed by atoms with E-state index in [2.05, 4.69) is 18.2 Å². The van der Waals surface area contributed by atoms with Crippen molar-refractivity contribution in [2.45, 2.75) is 13.0 Å². The molecule has 0 saturated carbocycles. The molecule has 2 aromatic rings. The zero-order valence-electron chi connectivity index (χ0n) is 15.9. The first-order valence-electron chi connectivity index (χ1n) is 9.22. The first-order chi connectivity index (χ1) is 13.1. The molecule has 1 amide bonds. The third-order valence-corrected chi connectivity index (χ3v) is 4.88. The van der Waals surface area contributed by atoms with Gasteiger partial charge >= 0.3 is 0 Å². The second-order valence-electron chi connectivity index (χ2n) is 6.96. The standard InChI is InChI=1S/C22H25FN2O2/c1-24(15-17-8-9-21(27-2)20(23)14-17)16-22(26)25-12-10-19(11-13-25)18-6-4-3-5-7-18/h3-10,14H,11-13,15-16H2,1-2H3/p+1. The van der Waals surface area contributed by atoms with Crippen LogP contribution in [0.2, 0.25) is 0 Å². The number of quaternary nitrogens is 1. The number of rotatable bonds is 6. The second-order valence-corrected chi connectivity index (χ2v) is 6.96. The van der Waals surface area contributed by atoms with E-state index in [1.165, 1.54) is 24.3 Å². The first kappa shape index (κ1) is 19.1. The molecular weight excluding hydrogens is 343 g/mol. The van der Waals surface area contributed by atoms with Gasteiger partial charge in [-0.25, -0.2) is 4.39 Å². The number of ether oxygens (including phenoxy) is 1. The molecule has 4 nitrogen and oxygen atoms in total. The van der Waals surface area contributed by atoms with Crippen molar-refractivity contribution in [3.8, 4) is 5.75 Å². The molecule has 1 aliphatic heterocycles. The normalized spacial score (nSPS) is 15.2. The molecule has 0 fully saturated rings. The number of carbonyl (C=O) groups is 1. The summed E-state index contributed by atoms with van der Waals surface area (Å²) >= 11 is 0. The highest BCUT2D eigenvalue weighted by Gasteiger charge is 2.21. The summed E-state index contributed by atoms with van der Waals surface area (Å²) in [5, 5.41) is 0. The van der Waals surface area contributed by atoms with Crippen molar-refractivity contribution in [3.63, 3.8) is 0 Å². The Balaban J connectivity index is 1.53. The maximum atomic E-state index is 13.8. The van der Waals surface area contributed by atoms with Crippen LogP contribution in [0.15, 0.2) is 54.6 Å². The summed E-state index contributed by atoms with van der Waals surface area (Å²) < 4.78 is 18.8. The number of benzene rings is 2. The summed E-state index contributed by atoms with van der Waals surface area (Å²) in [5.74, 6) is -0.00427. The van der Waals surface area contributed by atoms with Crippen LogP contribution in [0.4, 0.5) is 4.39 Å². The third-order valence-electron chi connectivity index (χ3n) is 4.88. The number of nitrogens with one attached hydrogen (secondary N) is 1. The Morgan fingerprint density at radius 3 is 2.63 bits per heavy atom. The molecule has 0 bridgehead atoms. The quantitative estimate of drug-likeness (QED) is 0.847. The van der Waals surface area contributed by atoms with Crippen LogP contribution < -0.4 is 9.64 Å². The lowest BCUT2D eigenvalue weighted by molar-refractivity contribution is -0.885. The van der Waals surface area contributed by atoms with E-state index in [0.717, 1.165) is 23.4 Å². The van der Waals surface area contributed by atoms with Crippen LogP contribution in [0.1, 0.15) is 17.5 Å². The zero-order chi connectivity index (χ0) is 19.2. The topological polar surface area (TPSA) is 34.0 Å². The molecule has 0 aromatic heterocycles. The van der Waals surface area contributed by atoms with Crippen molar-refractivity contribution in [2.75, 3.05) is 33.8 Å². The summed E-state index contributed by atoms with van der Waals surface area (Å²) in [6.07, 6.45) is 3.02. The van der Waals surface area contributed by atoms with Crippen molar-refractivity contribution in [1.82, 2.24) is 4.90 Å². The SMILES string of the molecule is COc1ccc(C[NH+](C)CC(=O)N2CC=C(c3ccccc3)CC2)cc1F. The molecule has 1 unspecified atom stereocenters. The molecule has 0 saturated heterocycles. The highest BCUT2D eigenvalue weighted by molar-refractivity contribution is 5.79. The van der Waals surface area contributed by atoms with Crippen molar-refractivity contribution < 1.29 is 18.8 Å². The number of carbonyl (C=O) groups excluding carboxylic acids is 1. The fraction of sp³-hybridized carbons (Fsp3) is 0.318. The lowest BCUT2D eigenvalue weighted by Crippen LogP contribution is -3.08. The van der Waals surface area contributed by atoms with Crippen LogP contribution in [0.25, 0.3) is 5.57 Å². The van der Waals surface area contributed by atoms with Gasteiger partial charge in [-0.1, -0.05) is 36.4 Å². The minimum Gasteiger partial charge on any atom is -0.494 e. The van der Waals surface area contributed by atoms with Crippen LogP contribution in [0, 0.1) is 5.82 Å². The van der Waals surface area contributed by atoms with Gasteiger partial charge in [-0.05, 0) is 35.8 Å². The van der Waals surface area contributed by atoms with Gasteiger partial charge in [0.1, 0.15) is 6.54 Å². The second kappa shape index (κ2) is 8.82. The van der Waals surface area contributed by atoms with Crippen molar-refractivity contribution in [3.05, 3.63) is 71.6 Å². The summed E-state index contributed by atoms with van der Waals surface area (Å²) in [4.78, 5) is 15.5. The van der Waals surface area contributed by atoms with Gasteiger partial charge in [0.15, 0.2) is 18.1 Å². The van der Waals surface area contributed by atoms with E-state index in [1.807, 2.05) is 36.2 Å². The maximum Gasteiger partial charge on any atom is 0.278 e. The van der Waals surface area contributed by atoms with Gasteiger partial charge in [0.05, 0.1) is 14.2 Å². The molecular formula is C22H26FN2O2+. The van der Waals surface area contributed by atoms with E-state index in [-0.39, 0.29) is 17.5 Å². The van der Waals surface area contributed by atoms with Gasteiger partial charge in [-0.2, -0.15) is 0 Å². The van der Waals surface area contributed by atoms with Gasteiger partial charge < -0.3 is 14.5 Å². The number of amides is 1. The van der Waals surface area contributed by atoms with Crippen molar-refractivity contribution in [2.24, 2.45) is 0 Å². The lowest BCUT2D eigenvalue weighted by Gasteiger charge is -2.27. The molecule has 2 aromatic carbocycles. The minimum atomic E-state index is -0.372. The Bertz CT molecular complexity index is 820. The highest BCUT2D eigenvalue weighted by atomic mass is 19.1. The monoisotopic (exact) mass is 369 g/mol. The Morgan fingerprint density at radius 1 is 1.22 bits per heavy atom. The van der Waals surface area contributed by atoms with E-state index in [0.29, 0.717) is 19.6 Å². The molecule has 1 aliphatic rings. The average molecular weight is 369 g/mol. The zero-order valence-corrected chi connectivity index (χ0v) is 15.9. The smallest absolute Gasteiger partial charge is 0.278 e. The van der Waals surface area contributed by atoms with Crippen LogP contribution in [-0.4, -0.2) is 44.6 Å². The van der Waals surface area contributed by atoms with Gasteiger partial charge in [-0.15, -0.1) is 0 Å². The fourth-order valence-corrected chi connectivity index (χ4v) is 3.41. The Hall–Kier alpha value is -2.66. The third kappa shape index (κ3) is 4.95. The van der Waals surface area contributed by atoms with E-state index >= 15 is 0 Å². The van der Waals surface area contributed by atoms with Gasteiger partial charge in [0.2, 0.25) is 0 Å². The van der Waals surface area contributed by atoms with Crippen LogP contribution in [0.3, 0.4) is 0 Å². The largest absolute Gasteiger partial charge is 0.494 e. The van der Waals surface area contributed by atoms with Gasteiger partial charge in [0.25, 0.3) is 5.91 Å². The van der Waals surface area contributed by atoms with E-state index in [4.69, 9.17) is 4.74 Å². The molecule has 5 heteroatoms. The summed E-state index contributed by atoms with van der Waals surface area (Å²) in [7, 11) is 3.40. The molecule has 1 atom stereocenters. The summed E-state index contributed by atoms with van der Waals surface area (Å²) in [6, 6.07) is 15.2. The fourth-order valence-electron chi connectivity index (χ4n) is 3.41. The van der Waals surface area contributed by atoms with Crippen molar-refractivity contribution >= 4 is 11.5 Å². The van der Waals surface area contributed by atoms with Crippen LogP contribution in [-0.2, 0) is 11.3 Å². The average Bonchev–Trinajstić information content (AvgIpc) is 2.69. The van der Waals surface area contributed by atoms with Gasteiger partial charge in [0, 0.05) is 18.7 Å². The van der Waals surface area contributed by atoms with E-state index in [1.54, 1.807) is 6.07 Å². The van der Waals surface area contributed by atoms with E-state index in [9.17, 15) is 9.18 Å². The maximum absolute atomic E-state index is 13.8. The first-order valence-corrected chi connectivity index (χ1v) is 9.22. The highest BCUT2D eigenvalue weighted by Crippen LogP contribution is 2.22. The number of likely N-dealkylation sites (N-methyl/N-ethyl adjacent to an activating group) is 1. The molecule has 3 rings (SSSR count). The Kier molecular flexibility index (Phi) is 6.24. The van der Waals surface area contributed by atoms with Crippen LogP contribution >= 0.6 is 0 Å². The lowest BCUT2D eigenvalue weighted by atomic mass is 9.99. The molecule has 27 heavy (non-hydrogen) atoms. The molecule has 1 heterocycles. The number of hydrogen-bond acceptors (Lipinski definition) is 2. The van der Waals surface area contributed by atoms with E-state index < -0.39 is 0 Å². The molecule has 1 N–H and O–H groups in total. The molecule has 0 spiro atoms. The summed E-state index contributed by atoms with van der Waals surface area (Å²) in [6.45, 7) is 2.37. The number of methoxy groups -OCH3 is 1. The Labute approximate surface area is 159 Å².